The summed E-state index contributed by atoms with van der Waals surface area (Å²) in [5.41, 5.74) is 0.956. The van der Waals surface area contributed by atoms with Crippen LogP contribution in [0.5, 0.6) is 0 Å². The summed E-state index contributed by atoms with van der Waals surface area (Å²) >= 11 is 0. The van der Waals surface area contributed by atoms with E-state index in [1.54, 1.807) is 6.26 Å². The first-order valence-corrected chi connectivity index (χ1v) is 6.24. The van der Waals surface area contributed by atoms with Crippen molar-refractivity contribution in [2.24, 2.45) is 0 Å². The number of carbonyl (C=O) groups excluding carboxylic acids is 1. The monoisotopic (exact) mass is 462 g/mol. The SMILES string of the molecule is CCC=O.[Pb].c1ccc2occc2c1.c1ccccc1. The molecule has 2 aromatic carbocycles. The van der Waals surface area contributed by atoms with Gasteiger partial charge in [-0.3, -0.25) is 0 Å². The predicted molar refractivity (Wildman–Crippen MR) is 84.8 cm³/mol. The second-order valence-electron chi connectivity index (χ2n) is 3.69. The van der Waals surface area contributed by atoms with E-state index in [-0.39, 0.29) is 27.3 Å². The van der Waals surface area contributed by atoms with Gasteiger partial charge in [0, 0.05) is 39.1 Å². The summed E-state index contributed by atoms with van der Waals surface area (Å²) < 4.78 is 5.12. The zero-order valence-corrected chi connectivity index (χ0v) is 15.4. The largest absolute Gasteiger partial charge is 0.464 e. The molecule has 0 aliphatic rings. The van der Waals surface area contributed by atoms with Crippen LogP contribution in [0.25, 0.3) is 11.0 Å². The van der Waals surface area contributed by atoms with Crippen LogP contribution in [0.15, 0.2) is 77.4 Å². The second-order valence-corrected chi connectivity index (χ2v) is 3.69. The summed E-state index contributed by atoms with van der Waals surface area (Å²) in [6.45, 7) is 1.81. The molecule has 102 valence electrons. The van der Waals surface area contributed by atoms with E-state index >= 15 is 0 Å². The van der Waals surface area contributed by atoms with Gasteiger partial charge < -0.3 is 9.21 Å². The van der Waals surface area contributed by atoms with E-state index in [0.29, 0.717) is 6.42 Å². The Hall–Kier alpha value is -1.43. The van der Waals surface area contributed by atoms with Crippen LogP contribution in [0.2, 0.25) is 0 Å². The Labute approximate surface area is 140 Å². The Bertz CT molecular complexity index is 504. The van der Waals surface area contributed by atoms with Gasteiger partial charge in [0.25, 0.3) is 0 Å². The fourth-order valence-corrected chi connectivity index (χ4v) is 1.29. The number of benzene rings is 2. The molecule has 0 N–H and O–H groups in total. The number of fused-ring (bicyclic) bond motifs is 1. The molecule has 0 saturated carbocycles. The number of hydrogen-bond acceptors (Lipinski definition) is 2. The van der Waals surface area contributed by atoms with Crippen LogP contribution < -0.4 is 0 Å². The minimum Gasteiger partial charge on any atom is -0.464 e. The van der Waals surface area contributed by atoms with E-state index in [0.717, 1.165) is 17.3 Å². The zero-order chi connectivity index (χ0) is 13.8. The third-order valence-corrected chi connectivity index (χ3v) is 2.19. The number of carbonyl (C=O) groups is 1. The van der Waals surface area contributed by atoms with Crippen LogP contribution in [-0.4, -0.2) is 33.6 Å². The van der Waals surface area contributed by atoms with E-state index in [4.69, 9.17) is 4.42 Å². The molecule has 0 saturated heterocycles. The van der Waals surface area contributed by atoms with Crippen molar-refractivity contribution < 1.29 is 9.21 Å². The van der Waals surface area contributed by atoms with Crippen LogP contribution in [0.1, 0.15) is 13.3 Å². The topological polar surface area (TPSA) is 30.2 Å². The van der Waals surface area contributed by atoms with Gasteiger partial charge in [-0.05, 0) is 12.1 Å². The molecular formula is C17H18O2Pb. The van der Waals surface area contributed by atoms with Gasteiger partial charge in [0.05, 0.1) is 6.26 Å². The number of hydrogen-bond donors (Lipinski definition) is 0. The fraction of sp³-hybridized carbons (Fsp3) is 0.118. The maximum Gasteiger partial charge on any atom is 0.133 e. The van der Waals surface area contributed by atoms with Crippen molar-refractivity contribution >= 4 is 44.6 Å². The van der Waals surface area contributed by atoms with Crippen molar-refractivity contribution in [1.82, 2.24) is 0 Å². The molecule has 3 aromatic rings. The molecule has 1 aromatic heterocycles. The van der Waals surface area contributed by atoms with E-state index in [2.05, 4.69) is 0 Å². The Morgan fingerprint density at radius 2 is 1.40 bits per heavy atom. The molecule has 1 heterocycles. The summed E-state index contributed by atoms with van der Waals surface area (Å²) in [6, 6.07) is 21.9. The molecule has 0 fully saturated rings. The van der Waals surface area contributed by atoms with E-state index < -0.39 is 0 Å². The van der Waals surface area contributed by atoms with Crippen molar-refractivity contribution in [2.75, 3.05) is 0 Å². The van der Waals surface area contributed by atoms with Crippen LogP contribution in [0.3, 0.4) is 0 Å². The van der Waals surface area contributed by atoms with Gasteiger partial charge >= 0.3 is 0 Å². The normalized spacial score (nSPS) is 8.25. The second kappa shape index (κ2) is 12.6. The number of aldehydes is 1. The van der Waals surface area contributed by atoms with Crippen molar-refractivity contribution in [3.05, 3.63) is 73.0 Å². The van der Waals surface area contributed by atoms with Gasteiger partial charge in [0.15, 0.2) is 0 Å². The first-order chi connectivity index (χ1) is 9.38. The third-order valence-electron chi connectivity index (χ3n) is 2.19. The third kappa shape index (κ3) is 7.89. The van der Waals surface area contributed by atoms with Crippen LogP contribution in [0.4, 0.5) is 0 Å². The molecule has 4 radical (unpaired) electrons. The van der Waals surface area contributed by atoms with Gasteiger partial charge in [0.2, 0.25) is 0 Å². The first-order valence-electron chi connectivity index (χ1n) is 6.24. The average Bonchev–Trinajstić information content (AvgIpc) is 2.98. The molecule has 0 atom stereocenters. The molecular weight excluding hydrogens is 443 g/mol. The Morgan fingerprint density at radius 3 is 1.85 bits per heavy atom. The fourth-order valence-electron chi connectivity index (χ4n) is 1.29. The zero-order valence-electron chi connectivity index (χ0n) is 11.5. The molecule has 3 rings (SSSR count). The van der Waals surface area contributed by atoms with Crippen molar-refractivity contribution in [3.63, 3.8) is 0 Å². The molecule has 2 nitrogen and oxygen atoms in total. The van der Waals surface area contributed by atoms with E-state index in [1.807, 2.05) is 73.7 Å². The Kier molecular flexibility index (Phi) is 11.7. The van der Waals surface area contributed by atoms with Crippen LogP contribution in [-0.2, 0) is 4.79 Å². The molecule has 3 heteroatoms. The number of para-hydroxylation sites is 1. The predicted octanol–water partition coefficient (Wildman–Crippen LogP) is 4.33. The van der Waals surface area contributed by atoms with Crippen molar-refractivity contribution in [2.45, 2.75) is 13.3 Å². The van der Waals surface area contributed by atoms with Crippen LogP contribution in [0, 0.1) is 0 Å². The van der Waals surface area contributed by atoms with Gasteiger partial charge in [-0.25, -0.2) is 0 Å². The summed E-state index contributed by atoms with van der Waals surface area (Å²) in [4.78, 5) is 9.17. The molecule has 0 spiro atoms. The number of furan rings is 1. The first kappa shape index (κ1) is 18.6. The Balaban J connectivity index is 0.000000290. The molecule has 20 heavy (non-hydrogen) atoms. The summed E-state index contributed by atoms with van der Waals surface area (Å²) in [5, 5.41) is 1.16. The van der Waals surface area contributed by atoms with E-state index in [9.17, 15) is 4.79 Å². The molecule has 0 bridgehead atoms. The summed E-state index contributed by atoms with van der Waals surface area (Å²) in [6.07, 6.45) is 3.21. The van der Waals surface area contributed by atoms with Gasteiger partial charge in [-0.1, -0.05) is 61.5 Å². The summed E-state index contributed by atoms with van der Waals surface area (Å²) in [5.74, 6) is 0. The number of rotatable bonds is 1. The van der Waals surface area contributed by atoms with E-state index in [1.165, 1.54) is 0 Å². The molecule has 0 amide bonds. The standard InChI is InChI=1S/C8H6O.C6H6.C3H6O.Pb/c1-2-4-8-7(3-1)5-6-9-8;1-2-4-6-5-3-1;1-2-3-4;/h1-6H;1-6H;3H,2H2,1H3;. The van der Waals surface area contributed by atoms with Crippen molar-refractivity contribution in [3.8, 4) is 0 Å². The smallest absolute Gasteiger partial charge is 0.133 e. The maximum absolute atomic E-state index is 9.17. The molecule has 0 aliphatic heterocycles. The Morgan fingerprint density at radius 1 is 0.900 bits per heavy atom. The van der Waals surface area contributed by atoms with Gasteiger partial charge in [0.1, 0.15) is 11.9 Å². The quantitative estimate of drug-likeness (QED) is 0.399. The minimum atomic E-state index is 0. The minimum absolute atomic E-state index is 0. The van der Waals surface area contributed by atoms with Crippen LogP contribution >= 0.6 is 0 Å². The van der Waals surface area contributed by atoms with Crippen molar-refractivity contribution in [1.29, 1.82) is 0 Å². The summed E-state index contributed by atoms with van der Waals surface area (Å²) in [7, 11) is 0. The average molecular weight is 462 g/mol. The maximum atomic E-state index is 9.17. The van der Waals surface area contributed by atoms with Gasteiger partial charge in [-0.15, -0.1) is 0 Å². The van der Waals surface area contributed by atoms with Gasteiger partial charge in [-0.2, -0.15) is 0 Å². The molecule has 0 aliphatic carbocycles. The molecule has 0 unspecified atom stereocenters.